The van der Waals surface area contributed by atoms with Gasteiger partial charge in [-0.05, 0) is 51.5 Å². The highest BCUT2D eigenvalue weighted by atomic mass is 35.5. The zero-order chi connectivity index (χ0) is 15.1. The third-order valence-electron chi connectivity index (χ3n) is 2.94. The van der Waals surface area contributed by atoms with E-state index in [4.69, 9.17) is 21.4 Å². The number of carbonyl (C=O) groups is 1. The summed E-state index contributed by atoms with van der Waals surface area (Å²) in [5, 5.41) is 9.52. The normalized spacial score (nSPS) is 12.3. The van der Waals surface area contributed by atoms with Crippen molar-refractivity contribution in [2.75, 3.05) is 13.2 Å². The molecule has 0 aromatic heterocycles. The van der Waals surface area contributed by atoms with Gasteiger partial charge in [-0.3, -0.25) is 4.79 Å². The molecule has 1 amide bonds. The lowest BCUT2D eigenvalue weighted by atomic mass is 10.2. The number of amides is 1. The summed E-state index contributed by atoms with van der Waals surface area (Å²) in [4.78, 5) is 14.1. The van der Waals surface area contributed by atoms with Gasteiger partial charge in [0.1, 0.15) is 5.75 Å². The summed E-state index contributed by atoms with van der Waals surface area (Å²) in [5.41, 5.74) is 0. The lowest BCUT2D eigenvalue weighted by Crippen LogP contribution is -2.45. The van der Waals surface area contributed by atoms with Crippen LogP contribution in [-0.4, -0.2) is 41.2 Å². The van der Waals surface area contributed by atoms with Crippen LogP contribution in [0.15, 0.2) is 24.3 Å². The van der Waals surface area contributed by atoms with Crippen LogP contribution >= 0.6 is 11.6 Å². The molecule has 0 radical (unpaired) electrons. The van der Waals surface area contributed by atoms with Crippen LogP contribution in [0.5, 0.6) is 5.75 Å². The second-order valence-electron chi connectivity index (χ2n) is 4.92. The first-order chi connectivity index (χ1) is 9.45. The Bertz CT molecular complexity index is 420. The average Bonchev–Trinajstić information content (AvgIpc) is 2.41. The summed E-state index contributed by atoms with van der Waals surface area (Å²) in [6, 6.07) is 6.99. The van der Waals surface area contributed by atoms with E-state index < -0.39 is 6.10 Å². The Hall–Kier alpha value is -1.26. The van der Waals surface area contributed by atoms with E-state index >= 15 is 0 Å². The molecule has 0 heterocycles. The van der Waals surface area contributed by atoms with Crippen molar-refractivity contribution in [2.45, 2.75) is 39.3 Å². The van der Waals surface area contributed by atoms with Crippen molar-refractivity contribution >= 4 is 17.5 Å². The van der Waals surface area contributed by atoms with E-state index in [1.54, 1.807) is 36.1 Å². The number of aliphatic hydroxyl groups excluding tert-OH is 1. The van der Waals surface area contributed by atoms with Crippen LogP contribution in [0.2, 0.25) is 5.02 Å². The molecule has 0 aliphatic carbocycles. The fourth-order valence-electron chi connectivity index (χ4n) is 1.87. The van der Waals surface area contributed by atoms with Crippen molar-refractivity contribution in [3.05, 3.63) is 29.3 Å². The van der Waals surface area contributed by atoms with Gasteiger partial charge in [-0.15, -0.1) is 0 Å². The Morgan fingerprint density at radius 2 is 1.90 bits per heavy atom. The molecule has 112 valence electrons. The van der Waals surface area contributed by atoms with Gasteiger partial charge >= 0.3 is 0 Å². The summed E-state index contributed by atoms with van der Waals surface area (Å²) in [5.74, 6) is 0.532. The Morgan fingerprint density at radius 1 is 1.30 bits per heavy atom. The van der Waals surface area contributed by atoms with E-state index in [0.717, 1.165) is 0 Å². The molecule has 1 aromatic rings. The van der Waals surface area contributed by atoms with E-state index in [0.29, 0.717) is 23.7 Å². The van der Waals surface area contributed by atoms with Crippen LogP contribution in [0.3, 0.4) is 0 Å². The molecule has 0 aliphatic heterocycles. The minimum Gasteiger partial charge on any atom is -0.481 e. The summed E-state index contributed by atoms with van der Waals surface area (Å²) in [7, 11) is 0. The highest BCUT2D eigenvalue weighted by Gasteiger charge is 2.23. The first-order valence-corrected chi connectivity index (χ1v) is 7.17. The monoisotopic (exact) mass is 299 g/mol. The van der Waals surface area contributed by atoms with E-state index in [1.807, 2.05) is 13.8 Å². The van der Waals surface area contributed by atoms with Gasteiger partial charge in [-0.25, -0.2) is 0 Å². The minimum atomic E-state index is -0.572. The Labute approximate surface area is 125 Å². The molecular weight excluding hydrogens is 278 g/mol. The Balaban J connectivity index is 2.66. The van der Waals surface area contributed by atoms with Crippen LogP contribution in [0.1, 0.15) is 27.2 Å². The summed E-state index contributed by atoms with van der Waals surface area (Å²) >= 11 is 5.81. The maximum absolute atomic E-state index is 12.4. The SMILES string of the molecule is CC(Oc1ccc(Cl)cc1)C(=O)N(CCCO)C(C)C. The van der Waals surface area contributed by atoms with Gasteiger partial charge in [0.2, 0.25) is 0 Å². The van der Waals surface area contributed by atoms with Gasteiger partial charge in [-0.1, -0.05) is 11.6 Å². The predicted octanol–water partition coefficient (Wildman–Crippen LogP) is 2.73. The van der Waals surface area contributed by atoms with Gasteiger partial charge in [0.15, 0.2) is 6.10 Å². The van der Waals surface area contributed by atoms with Crippen molar-refractivity contribution in [2.24, 2.45) is 0 Å². The molecule has 0 aliphatic rings. The van der Waals surface area contributed by atoms with Crippen molar-refractivity contribution in [3.63, 3.8) is 0 Å². The van der Waals surface area contributed by atoms with Crippen LogP contribution in [0.4, 0.5) is 0 Å². The van der Waals surface area contributed by atoms with Crippen LogP contribution < -0.4 is 4.74 Å². The molecule has 4 nitrogen and oxygen atoms in total. The number of halogens is 1. The summed E-state index contributed by atoms with van der Waals surface area (Å²) in [6.07, 6.45) is -0.00493. The number of nitrogens with zero attached hydrogens (tertiary/aromatic N) is 1. The average molecular weight is 300 g/mol. The number of hydrogen-bond donors (Lipinski definition) is 1. The highest BCUT2D eigenvalue weighted by Crippen LogP contribution is 2.17. The number of rotatable bonds is 7. The lowest BCUT2D eigenvalue weighted by molar-refractivity contribution is -0.139. The first-order valence-electron chi connectivity index (χ1n) is 6.79. The Morgan fingerprint density at radius 3 is 2.40 bits per heavy atom. The van der Waals surface area contributed by atoms with E-state index in [2.05, 4.69) is 0 Å². The molecule has 0 saturated carbocycles. The predicted molar refractivity (Wildman–Crippen MR) is 80.1 cm³/mol. The highest BCUT2D eigenvalue weighted by molar-refractivity contribution is 6.30. The summed E-state index contributed by atoms with van der Waals surface area (Å²) < 4.78 is 5.63. The second kappa shape index (κ2) is 8.12. The molecule has 20 heavy (non-hydrogen) atoms. The van der Waals surface area contributed by atoms with Crippen LogP contribution in [0, 0.1) is 0 Å². The number of ether oxygens (including phenoxy) is 1. The van der Waals surface area contributed by atoms with Gasteiger partial charge in [0, 0.05) is 24.2 Å². The smallest absolute Gasteiger partial charge is 0.263 e. The third-order valence-corrected chi connectivity index (χ3v) is 3.19. The molecule has 0 bridgehead atoms. The molecule has 1 unspecified atom stereocenters. The zero-order valence-corrected chi connectivity index (χ0v) is 12.9. The number of benzene rings is 1. The molecule has 0 saturated heterocycles. The number of hydrogen-bond acceptors (Lipinski definition) is 3. The second-order valence-corrected chi connectivity index (χ2v) is 5.35. The van der Waals surface area contributed by atoms with Gasteiger partial charge < -0.3 is 14.7 Å². The molecular formula is C15H22ClNO3. The van der Waals surface area contributed by atoms with Crippen LogP contribution in [0.25, 0.3) is 0 Å². The van der Waals surface area contributed by atoms with Gasteiger partial charge in [0.25, 0.3) is 5.91 Å². The van der Waals surface area contributed by atoms with E-state index in [1.165, 1.54) is 0 Å². The first kappa shape index (κ1) is 16.8. The maximum Gasteiger partial charge on any atom is 0.263 e. The molecule has 1 rings (SSSR count). The molecule has 0 spiro atoms. The van der Waals surface area contributed by atoms with Gasteiger partial charge in [0.05, 0.1) is 0 Å². The van der Waals surface area contributed by atoms with Crippen molar-refractivity contribution in [3.8, 4) is 5.75 Å². The zero-order valence-electron chi connectivity index (χ0n) is 12.2. The summed E-state index contributed by atoms with van der Waals surface area (Å²) in [6.45, 7) is 6.23. The van der Waals surface area contributed by atoms with Crippen molar-refractivity contribution < 1.29 is 14.6 Å². The third kappa shape index (κ3) is 5.02. The number of aliphatic hydroxyl groups is 1. The maximum atomic E-state index is 12.4. The molecule has 1 N–H and O–H groups in total. The van der Waals surface area contributed by atoms with E-state index in [-0.39, 0.29) is 18.6 Å². The molecule has 0 fully saturated rings. The minimum absolute atomic E-state index is 0.0723. The van der Waals surface area contributed by atoms with Crippen LogP contribution in [-0.2, 0) is 4.79 Å². The largest absolute Gasteiger partial charge is 0.481 e. The fraction of sp³-hybridized carbons (Fsp3) is 0.533. The molecule has 5 heteroatoms. The van der Waals surface area contributed by atoms with E-state index in [9.17, 15) is 4.79 Å². The van der Waals surface area contributed by atoms with Gasteiger partial charge in [-0.2, -0.15) is 0 Å². The topological polar surface area (TPSA) is 49.8 Å². The quantitative estimate of drug-likeness (QED) is 0.842. The Kier molecular flexibility index (Phi) is 6.82. The fourth-order valence-corrected chi connectivity index (χ4v) is 1.99. The van der Waals surface area contributed by atoms with Crippen molar-refractivity contribution in [1.82, 2.24) is 4.90 Å². The lowest BCUT2D eigenvalue weighted by Gasteiger charge is -2.29. The molecule has 1 atom stereocenters. The number of carbonyl (C=O) groups excluding carboxylic acids is 1. The standard InChI is InChI=1S/C15H22ClNO3/c1-11(2)17(9-4-10-18)15(19)12(3)20-14-7-5-13(16)6-8-14/h5-8,11-12,18H,4,9-10H2,1-3H3. The van der Waals surface area contributed by atoms with Crippen molar-refractivity contribution in [1.29, 1.82) is 0 Å². The molecule has 1 aromatic carbocycles.